The summed E-state index contributed by atoms with van der Waals surface area (Å²) < 4.78 is 13.5. The molecule has 0 amide bonds. The van der Waals surface area contributed by atoms with Crippen LogP contribution in [0, 0.1) is 12.3 Å². The number of ether oxygens (including phenoxy) is 2. The zero-order chi connectivity index (χ0) is 27.8. The van der Waals surface area contributed by atoms with E-state index in [9.17, 15) is 4.79 Å². The van der Waals surface area contributed by atoms with E-state index in [-0.39, 0.29) is 12.6 Å². The summed E-state index contributed by atoms with van der Waals surface area (Å²) in [6.45, 7) is 13.8. The van der Waals surface area contributed by atoms with Gasteiger partial charge in [-0.2, -0.15) is 0 Å². The Morgan fingerprint density at radius 3 is 2.26 bits per heavy atom. The van der Waals surface area contributed by atoms with Gasteiger partial charge in [0.25, 0.3) is 0 Å². The Bertz CT molecular complexity index is 1460. The van der Waals surface area contributed by atoms with E-state index in [1.807, 2.05) is 77.9 Å². The highest BCUT2D eigenvalue weighted by atomic mass is 35.5. The van der Waals surface area contributed by atoms with Crippen LogP contribution >= 0.6 is 34.5 Å². The number of carbonyl (C=O) groups is 1. The summed E-state index contributed by atoms with van der Waals surface area (Å²) in [6.07, 6.45) is 1.24. The van der Waals surface area contributed by atoms with Gasteiger partial charge in [-0.1, -0.05) is 41.4 Å². The molecule has 0 spiro atoms. The maximum absolute atomic E-state index is 12.7. The molecule has 200 valence electrons. The minimum absolute atomic E-state index is 0.110. The largest absolute Gasteiger partial charge is 0.462 e. The number of rotatable bonds is 6. The SMILES string of the molecule is Cc1cc2cc(-c3ccnc(Cl)c3)sc2c(-c2ccc(Cl)cc2)c1[C@@H](COC(=O)C(C)(C)C)OC(C)(C)C. The number of hydrogen-bond acceptors (Lipinski definition) is 5. The van der Waals surface area contributed by atoms with Crippen LogP contribution in [0.1, 0.15) is 58.8 Å². The molecule has 38 heavy (non-hydrogen) atoms. The second kappa shape index (κ2) is 11.0. The molecule has 2 aromatic carbocycles. The molecule has 0 aliphatic rings. The first-order chi connectivity index (χ1) is 17.7. The predicted molar refractivity (Wildman–Crippen MR) is 159 cm³/mol. The molecule has 0 saturated heterocycles. The van der Waals surface area contributed by atoms with Crippen LogP contribution in [0.3, 0.4) is 0 Å². The van der Waals surface area contributed by atoms with Gasteiger partial charge in [0.05, 0.1) is 11.0 Å². The summed E-state index contributed by atoms with van der Waals surface area (Å²) in [4.78, 5) is 18.0. The van der Waals surface area contributed by atoms with Crippen molar-refractivity contribution < 1.29 is 14.3 Å². The molecule has 4 aromatic rings. The third-order valence-corrected chi connectivity index (χ3v) is 7.67. The molecule has 2 heterocycles. The smallest absolute Gasteiger partial charge is 0.311 e. The van der Waals surface area contributed by atoms with E-state index in [1.165, 1.54) is 0 Å². The lowest BCUT2D eigenvalue weighted by molar-refractivity contribution is -0.162. The highest BCUT2D eigenvalue weighted by Gasteiger charge is 2.30. The van der Waals surface area contributed by atoms with Gasteiger partial charge in [0.15, 0.2) is 0 Å². The van der Waals surface area contributed by atoms with Gasteiger partial charge in [-0.05, 0) is 106 Å². The van der Waals surface area contributed by atoms with Crippen molar-refractivity contribution in [1.82, 2.24) is 4.98 Å². The normalized spacial score (nSPS) is 13.1. The Balaban J connectivity index is 1.95. The van der Waals surface area contributed by atoms with Crippen molar-refractivity contribution in [3.8, 4) is 21.6 Å². The van der Waals surface area contributed by atoms with E-state index in [4.69, 9.17) is 32.7 Å². The van der Waals surface area contributed by atoms with Crippen molar-refractivity contribution in [2.24, 2.45) is 5.41 Å². The lowest BCUT2D eigenvalue weighted by atomic mass is 9.90. The number of aromatic nitrogens is 1. The Morgan fingerprint density at radius 1 is 0.974 bits per heavy atom. The summed E-state index contributed by atoms with van der Waals surface area (Å²) in [5.74, 6) is -0.264. The molecule has 0 bridgehead atoms. The quantitative estimate of drug-likeness (QED) is 0.171. The second-order valence-corrected chi connectivity index (χ2v) is 13.3. The van der Waals surface area contributed by atoms with Gasteiger partial charge < -0.3 is 9.47 Å². The topological polar surface area (TPSA) is 48.4 Å². The fourth-order valence-electron chi connectivity index (χ4n) is 4.33. The summed E-state index contributed by atoms with van der Waals surface area (Å²) in [5, 5.41) is 2.23. The lowest BCUT2D eigenvalue weighted by Crippen LogP contribution is -2.30. The second-order valence-electron chi connectivity index (χ2n) is 11.5. The minimum atomic E-state index is -0.612. The van der Waals surface area contributed by atoms with Gasteiger partial charge in [0.2, 0.25) is 0 Å². The highest BCUT2D eigenvalue weighted by molar-refractivity contribution is 7.22. The van der Waals surface area contributed by atoms with Crippen molar-refractivity contribution in [2.75, 3.05) is 6.61 Å². The summed E-state index contributed by atoms with van der Waals surface area (Å²) in [7, 11) is 0. The first kappa shape index (κ1) is 28.6. The molecule has 0 aliphatic heterocycles. The highest BCUT2D eigenvalue weighted by Crippen LogP contribution is 2.46. The number of benzene rings is 2. The Hall–Kier alpha value is -2.44. The third-order valence-electron chi connectivity index (χ3n) is 5.99. The average molecular weight is 571 g/mol. The van der Waals surface area contributed by atoms with Crippen molar-refractivity contribution in [1.29, 1.82) is 0 Å². The molecule has 7 heteroatoms. The van der Waals surface area contributed by atoms with Crippen molar-refractivity contribution in [3.05, 3.63) is 76.0 Å². The van der Waals surface area contributed by atoms with Crippen LogP contribution in [0.25, 0.3) is 31.7 Å². The molecule has 0 saturated carbocycles. The summed E-state index contributed by atoms with van der Waals surface area (Å²) in [5.41, 5.74) is 4.05. The van der Waals surface area contributed by atoms with E-state index in [0.29, 0.717) is 10.2 Å². The molecule has 0 aliphatic carbocycles. The Kier molecular flexibility index (Phi) is 8.25. The molecule has 0 fully saturated rings. The molecule has 1 atom stereocenters. The summed E-state index contributed by atoms with van der Waals surface area (Å²) >= 11 is 14.2. The van der Waals surface area contributed by atoms with Crippen molar-refractivity contribution in [2.45, 2.75) is 60.2 Å². The van der Waals surface area contributed by atoms with Crippen molar-refractivity contribution >= 4 is 50.6 Å². The van der Waals surface area contributed by atoms with Crippen LogP contribution in [0.5, 0.6) is 0 Å². The molecular weight excluding hydrogens is 537 g/mol. The zero-order valence-corrected chi connectivity index (χ0v) is 25.1. The van der Waals surface area contributed by atoms with E-state index in [1.54, 1.807) is 17.5 Å². The number of carbonyl (C=O) groups excluding carboxylic acids is 1. The molecule has 0 N–H and O–H groups in total. The van der Waals surface area contributed by atoms with E-state index >= 15 is 0 Å². The molecule has 4 rings (SSSR count). The first-order valence-corrected chi connectivity index (χ1v) is 14.1. The maximum Gasteiger partial charge on any atom is 0.311 e. The zero-order valence-electron chi connectivity index (χ0n) is 22.8. The van der Waals surface area contributed by atoms with Gasteiger partial charge in [0, 0.05) is 26.4 Å². The van der Waals surface area contributed by atoms with Crippen LogP contribution in [0.4, 0.5) is 0 Å². The third kappa shape index (κ3) is 6.58. The number of halogens is 2. The van der Waals surface area contributed by atoms with Crippen LogP contribution in [0.2, 0.25) is 10.2 Å². The van der Waals surface area contributed by atoms with Crippen LogP contribution in [0.15, 0.2) is 54.7 Å². The number of hydrogen-bond donors (Lipinski definition) is 0. The number of pyridine rings is 1. The van der Waals surface area contributed by atoms with E-state index < -0.39 is 17.1 Å². The molecule has 0 radical (unpaired) electrons. The number of esters is 1. The van der Waals surface area contributed by atoms with Gasteiger partial charge in [-0.15, -0.1) is 11.3 Å². The van der Waals surface area contributed by atoms with Gasteiger partial charge in [-0.25, -0.2) is 4.98 Å². The van der Waals surface area contributed by atoms with Crippen LogP contribution in [-0.4, -0.2) is 23.2 Å². The lowest BCUT2D eigenvalue weighted by Gasteiger charge is -2.31. The molecule has 0 unspecified atom stereocenters. The predicted octanol–water partition coefficient (Wildman–Crippen LogP) is 9.69. The Labute approximate surface area is 238 Å². The molecule has 4 nitrogen and oxygen atoms in total. The van der Waals surface area contributed by atoms with Crippen LogP contribution < -0.4 is 0 Å². The van der Waals surface area contributed by atoms with Crippen LogP contribution in [-0.2, 0) is 14.3 Å². The number of aryl methyl sites for hydroxylation is 1. The van der Waals surface area contributed by atoms with Crippen molar-refractivity contribution in [3.63, 3.8) is 0 Å². The fraction of sp³-hybridized carbons (Fsp3) is 0.355. The standard InChI is InChI=1S/C31H33Cl2NO3S/c1-18-14-21-15-24(20-12-13-34-25(33)16-20)38-28(21)27(19-8-10-22(32)11-9-19)26(18)23(37-31(5,6)7)17-36-29(35)30(2,3)4/h8-16,23H,17H2,1-7H3/t23-/m1/s1. The van der Waals surface area contributed by atoms with E-state index in [2.05, 4.69) is 24.0 Å². The van der Waals surface area contributed by atoms with Gasteiger partial charge >= 0.3 is 5.97 Å². The average Bonchev–Trinajstić information content (AvgIpc) is 3.24. The first-order valence-electron chi connectivity index (χ1n) is 12.5. The fourth-order valence-corrected chi connectivity index (χ4v) is 5.84. The maximum atomic E-state index is 12.7. The minimum Gasteiger partial charge on any atom is -0.462 e. The number of thiophene rings is 1. The Morgan fingerprint density at radius 2 is 1.66 bits per heavy atom. The molecular formula is C31H33Cl2NO3S. The molecule has 2 aromatic heterocycles. The summed E-state index contributed by atoms with van der Waals surface area (Å²) in [6, 6.07) is 16.0. The van der Waals surface area contributed by atoms with Gasteiger partial charge in [0.1, 0.15) is 17.9 Å². The number of nitrogens with zero attached hydrogens (tertiary/aromatic N) is 1. The van der Waals surface area contributed by atoms with Gasteiger partial charge in [-0.3, -0.25) is 4.79 Å². The van der Waals surface area contributed by atoms with E-state index in [0.717, 1.165) is 42.8 Å². The monoisotopic (exact) mass is 569 g/mol. The number of fused-ring (bicyclic) bond motifs is 1.